The molecule has 3 heteroatoms. The van der Waals surface area contributed by atoms with Crippen LogP contribution in [0.15, 0.2) is 30.4 Å². The van der Waals surface area contributed by atoms with Gasteiger partial charge < -0.3 is 5.11 Å². The maximum Gasteiger partial charge on any atom is 0.145 e. The molecule has 0 bridgehead atoms. The third-order valence-electron chi connectivity index (χ3n) is 3.31. The summed E-state index contributed by atoms with van der Waals surface area (Å²) in [6, 6.07) is 4.92. The lowest BCUT2D eigenvalue weighted by Crippen LogP contribution is -2.24. The van der Waals surface area contributed by atoms with E-state index in [9.17, 15) is 9.50 Å². The molecule has 1 aromatic carbocycles. The molecular weight excluding hydrogens is 239 g/mol. The zero-order valence-corrected chi connectivity index (χ0v) is 10.3. The van der Waals surface area contributed by atoms with Crippen molar-refractivity contribution in [3.63, 3.8) is 0 Å². The van der Waals surface area contributed by atoms with Crippen LogP contribution >= 0.6 is 11.6 Å². The summed E-state index contributed by atoms with van der Waals surface area (Å²) in [5.74, 6) is -0.169. The summed E-state index contributed by atoms with van der Waals surface area (Å²) >= 11 is 5.72. The number of benzene rings is 1. The molecule has 0 spiro atoms. The van der Waals surface area contributed by atoms with E-state index in [2.05, 4.69) is 12.2 Å². The molecule has 2 rings (SSSR count). The molecule has 0 aromatic heterocycles. The van der Waals surface area contributed by atoms with Crippen LogP contribution in [0.1, 0.15) is 24.8 Å². The van der Waals surface area contributed by atoms with Gasteiger partial charge in [-0.05, 0) is 36.8 Å². The summed E-state index contributed by atoms with van der Waals surface area (Å²) in [6.07, 6.45) is 6.91. The Labute approximate surface area is 106 Å². The van der Waals surface area contributed by atoms with Crippen molar-refractivity contribution in [2.24, 2.45) is 5.92 Å². The zero-order valence-electron chi connectivity index (χ0n) is 9.57. The van der Waals surface area contributed by atoms with Gasteiger partial charge in [-0.15, -0.1) is 0 Å². The van der Waals surface area contributed by atoms with E-state index in [1.54, 1.807) is 12.1 Å². The van der Waals surface area contributed by atoms with Crippen molar-refractivity contribution in [2.45, 2.75) is 31.8 Å². The third kappa shape index (κ3) is 3.08. The molecule has 0 saturated carbocycles. The van der Waals surface area contributed by atoms with Gasteiger partial charge in [0.05, 0.1) is 11.1 Å². The number of rotatable bonds is 3. The number of aliphatic hydroxyl groups excluding tert-OH is 1. The fraction of sp³-hybridized carbons (Fsp3) is 0.429. The highest BCUT2D eigenvalue weighted by Gasteiger charge is 2.21. The monoisotopic (exact) mass is 254 g/mol. The average Bonchev–Trinajstić information content (AvgIpc) is 2.36. The predicted molar refractivity (Wildman–Crippen MR) is 67.6 cm³/mol. The molecule has 2 unspecified atom stereocenters. The van der Waals surface area contributed by atoms with E-state index in [1.807, 2.05) is 0 Å². The van der Waals surface area contributed by atoms with Crippen molar-refractivity contribution in [3.05, 3.63) is 46.8 Å². The van der Waals surface area contributed by atoms with Crippen LogP contribution < -0.4 is 0 Å². The van der Waals surface area contributed by atoms with Crippen LogP contribution in [-0.4, -0.2) is 11.2 Å². The predicted octanol–water partition coefficient (Wildman–Crippen LogP) is 3.74. The quantitative estimate of drug-likeness (QED) is 0.815. The topological polar surface area (TPSA) is 20.2 Å². The van der Waals surface area contributed by atoms with Gasteiger partial charge in [0.25, 0.3) is 0 Å². The SMILES string of the molecule is OC(Cc1cccc(Cl)c1F)C1CC=CCC1. The van der Waals surface area contributed by atoms with Gasteiger partial charge in [-0.1, -0.05) is 35.9 Å². The van der Waals surface area contributed by atoms with Gasteiger partial charge in [-0.3, -0.25) is 0 Å². The molecule has 17 heavy (non-hydrogen) atoms. The van der Waals surface area contributed by atoms with Crippen LogP contribution in [0.5, 0.6) is 0 Å². The summed E-state index contributed by atoms with van der Waals surface area (Å²) in [5.41, 5.74) is 0.500. The Kier molecular flexibility index (Phi) is 4.19. The second-order valence-corrected chi connectivity index (χ2v) is 4.94. The molecule has 1 aliphatic rings. The number of hydrogen-bond donors (Lipinski definition) is 1. The first-order valence-corrected chi connectivity index (χ1v) is 6.32. The van der Waals surface area contributed by atoms with Crippen molar-refractivity contribution < 1.29 is 9.50 Å². The van der Waals surface area contributed by atoms with E-state index < -0.39 is 11.9 Å². The Morgan fingerprint density at radius 1 is 1.41 bits per heavy atom. The highest BCUT2D eigenvalue weighted by Crippen LogP contribution is 2.26. The molecule has 0 heterocycles. The van der Waals surface area contributed by atoms with Crippen LogP contribution in [0.4, 0.5) is 4.39 Å². The minimum Gasteiger partial charge on any atom is -0.392 e. The minimum atomic E-state index is -0.493. The lowest BCUT2D eigenvalue weighted by atomic mass is 9.86. The summed E-state index contributed by atoms with van der Waals surface area (Å²) in [6.45, 7) is 0. The lowest BCUT2D eigenvalue weighted by Gasteiger charge is -2.24. The maximum atomic E-state index is 13.7. The lowest BCUT2D eigenvalue weighted by molar-refractivity contribution is 0.101. The van der Waals surface area contributed by atoms with Gasteiger partial charge in [-0.2, -0.15) is 0 Å². The first kappa shape index (κ1) is 12.6. The van der Waals surface area contributed by atoms with E-state index in [0.717, 1.165) is 19.3 Å². The molecule has 92 valence electrons. The van der Waals surface area contributed by atoms with Gasteiger partial charge in [0.2, 0.25) is 0 Å². The summed E-state index contributed by atoms with van der Waals surface area (Å²) in [7, 11) is 0. The van der Waals surface area contributed by atoms with Gasteiger partial charge in [0.15, 0.2) is 0 Å². The van der Waals surface area contributed by atoms with Crippen molar-refractivity contribution in [3.8, 4) is 0 Å². The first-order chi connectivity index (χ1) is 8.18. The first-order valence-electron chi connectivity index (χ1n) is 5.94. The van der Waals surface area contributed by atoms with Crippen LogP contribution in [-0.2, 0) is 6.42 Å². The third-order valence-corrected chi connectivity index (χ3v) is 3.61. The molecule has 0 aliphatic heterocycles. The summed E-state index contributed by atoms with van der Waals surface area (Å²) in [4.78, 5) is 0. The average molecular weight is 255 g/mol. The summed E-state index contributed by atoms with van der Waals surface area (Å²) in [5, 5.41) is 10.2. The molecule has 0 fully saturated rings. The second-order valence-electron chi connectivity index (χ2n) is 4.53. The minimum absolute atomic E-state index is 0.123. The Balaban J connectivity index is 2.04. The van der Waals surface area contributed by atoms with Crippen LogP contribution in [0.2, 0.25) is 5.02 Å². The van der Waals surface area contributed by atoms with Crippen LogP contribution in [0.25, 0.3) is 0 Å². The molecule has 1 N–H and O–H groups in total. The van der Waals surface area contributed by atoms with E-state index in [0.29, 0.717) is 12.0 Å². The number of hydrogen-bond acceptors (Lipinski definition) is 1. The van der Waals surface area contributed by atoms with Crippen molar-refractivity contribution in [2.75, 3.05) is 0 Å². The van der Waals surface area contributed by atoms with E-state index in [-0.39, 0.29) is 10.9 Å². The Morgan fingerprint density at radius 3 is 2.94 bits per heavy atom. The van der Waals surface area contributed by atoms with Gasteiger partial charge in [-0.25, -0.2) is 4.39 Å². The van der Waals surface area contributed by atoms with Gasteiger partial charge >= 0.3 is 0 Å². The number of aliphatic hydroxyl groups is 1. The molecule has 1 aliphatic carbocycles. The molecule has 0 saturated heterocycles. The van der Waals surface area contributed by atoms with Crippen molar-refractivity contribution >= 4 is 11.6 Å². The fourth-order valence-corrected chi connectivity index (χ4v) is 2.46. The largest absolute Gasteiger partial charge is 0.392 e. The maximum absolute atomic E-state index is 13.7. The second kappa shape index (κ2) is 5.65. The molecular formula is C14H16ClFO. The summed E-state index contributed by atoms with van der Waals surface area (Å²) < 4.78 is 13.7. The zero-order chi connectivity index (χ0) is 12.3. The fourth-order valence-electron chi connectivity index (χ4n) is 2.26. The van der Waals surface area contributed by atoms with Crippen LogP contribution in [0, 0.1) is 11.7 Å². The van der Waals surface area contributed by atoms with Crippen molar-refractivity contribution in [1.29, 1.82) is 0 Å². The van der Waals surface area contributed by atoms with E-state index in [1.165, 1.54) is 6.07 Å². The number of allylic oxidation sites excluding steroid dienone is 2. The molecule has 1 nitrogen and oxygen atoms in total. The highest BCUT2D eigenvalue weighted by molar-refractivity contribution is 6.30. The van der Waals surface area contributed by atoms with Gasteiger partial charge in [0.1, 0.15) is 5.82 Å². The normalized spacial score (nSPS) is 21.5. The Morgan fingerprint density at radius 2 is 2.24 bits per heavy atom. The van der Waals surface area contributed by atoms with E-state index in [4.69, 9.17) is 11.6 Å². The highest BCUT2D eigenvalue weighted by atomic mass is 35.5. The van der Waals surface area contributed by atoms with Crippen LogP contribution in [0.3, 0.4) is 0 Å². The van der Waals surface area contributed by atoms with Gasteiger partial charge in [0, 0.05) is 6.42 Å². The number of halogens is 2. The molecule has 2 atom stereocenters. The molecule has 0 radical (unpaired) electrons. The molecule has 1 aromatic rings. The Hall–Kier alpha value is -0.860. The molecule has 0 amide bonds. The van der Waals surface area contributed by atoms with E-state index >= 15 is 0 Å². The Bertz CT molecular complexity index is 417. The van der Waals surface area contributed by atoms with Crippen molar-refractivity contribution in [1.82, 2.24) is 0 Å². The smallest absolute Gasteiger partial charge is 0.145 e. The standard InChI is InChI=1S/C14H16ClFO/c15-12-8-4-7-11(14(12)16)9-13(17)10-5-2-1-3-6-10/h1-2,4,7-8,10,13,17H,3,5-6,9H2.